The minimum atomic E-state index is 0.0263. The minimum absolute atomic E-state index is 0.0263. The summed E-state index contributed by atoms with van der Waals surface area (Å²) in [6.07, 6.45) is 6.98. The summed E-state index contributed by atoms with van der Waals surface area (Å²) in [6, 6.07) is 34.2. The van der Waals surface area contributed by atoms with Gasteiger partial charge in [0, 0.05) is 73.4 Å². The number of ether oxygens (including phenoxy) is 4. The average Bonchev–Trinajstić information content (AvgIpc) is 3.87. The van der Waals surface area contributed by atoms with Crippen molar-refractivity contribution in [3.05, 3.63) is 103 Å². The number of fused-ring (bicyclic) bond motifs is 5. The fraction of sp³-hybridized carbons (Fsp3) is 0.360. The Morgan fingerprint density at radius 2 is 1.18 bits per heavy atom. The van der Waals surface area contributed by atoms with Gasteiger partial charge in [0.05, 0.1) is 45.2 Å². The number of rotatable bonds is 15. The van der Waals surface area contributed by atoms with Gasteiger partial charge in [-0.05, 0) is 122 Å². The maximum Gasteiger partial charge on any atom is 0.256 e. The Balaban J connectivity index is 0.794. The molecule has 0 saturated carbocycles. The van der Waals surface area contributed by atoms with Gasteiger partial charge in [-0.3, -0.25) is 9.79 Å². The van der Waals surface area contributed by atoms with Gasteiger partial charge in [0.2, 0.25) is 0 Å². The van der Waals surface area contributed by atoms with Gasteiger partial charge >= 0.3 is 0 Å². The van der Waals surface area contributed by atoms with Gasteiger partial charge in [0.1, 0.15) is 11.5 Å². The molecule has 60 heavy (non-hydrogen) atoms. The lowest BCUT2D eigenvalue weighted by Gasteiger charge is -2.34. The molecule has 10 heteroatoms. The Morgan fingerprint density at radius 3 is 1.77 bits per heavy atom. The Kier molecular flexibility index (Phi) is 11.7. The molecule has 4 heterocycles. The number of amides is 1. The van der Waals surface area contributed by atoms with Crippen molar-refractivity contribution in [2.75, 3.05) is 73.7 Å². The van der Waals surface area contributed by atoms with E-state index in [0.717, 1.165) is 96.0 Å². The van der Waals surface area contributed by atoms with Crippen molar-refractivity contribution in [1.29, 1.82) is 0 Å². The first kappa shape index (κ1) is 39.6. The van der Waals surface area contributed by atoms with E-state index < -0.39 is 0 Å². The molecule has 5 aromatic carbocycles. The topological polar surface area (TPSA) is 81.0 Å². The SMILES string of the molecule is COc1ccc(-c2ccc3c(c2)c2cc(-c4ccc(OC)cc4)ccc2n3CCCN2CCN(CCCCOc3cc4c(cc3OC)C(=O)N3CCC[C@H]3C=N4)CC2)cc1. The van der Waals surface area contributed by atoms with Crippen LogP contribution in [0.5, 0.6) is 23.0 Å². The Labute approximate surface area is 352 Å². The van der Waals surface area contributed by atoms with E-state index in [0.29, 0.717) is 29.4 Å². The molecule has 9 rings (SSSR count). The summed E-state index contributed by atoms with van der Waals surface area (Å²) in [5.41, 5.74) is 8.54. The van der Waals surface area contributed by atoms with Crippen molar-refractivity contribution in [3.63, 3.8) is 0 Å². The van der Waals surface area contributed by atoms with Crippen LogP contribution in [0.3, 0.4) is 0 Å². The average molecular weight is 806 g/mol. The number of aromatic nitrogens is 1. The molecule has 310 valence electrons. The number of carbonyl (C=O) groups is 1. The number of hydrogen-bond donors (Lipinski definition) is 0. The van der Waals surface area contributed by atoms with E-state index >= 15 is 0 Å². The monoisotopic (exact) mass is 805 g/mol. The molecule has 2 saturated heterocycles. The van der Waals surface area contributed by atoms with E-state index in [1.807, 2.05) is 41.4 Å². The van der Waals surface area contributed by atoms with Crippen molar-refractivity contribution < 1.29 is 23.7 Å². The fourth-order valence-electron chi connectivity index (χ4n) is 9.20. The molecule has 1 atom stereocenters. The minimum Gasteiger partial charge on any atom is -0.497 e. The predicted molar refractivity (Wildman–Crippen MR) is 241 cm³/mol. The first-order chi connectivity index (χ1) is 29.5. The van der Waals surface area contributed by atoms with Gasteiger partial charge in [-0.1, -0.05) is 36.4 Å². The van der Waals surface area contributed by atoms with Gasteiger partial charge in [-0.2, -0.15) is 0 Å². The van der Waals surface area contributed by atoms with Gasteiger partial charge < -0.3 is 38.2 Å². The van der Waals surface area contributed by atoms with Crippen LogP contribution in [0, 0.1) is 0 Å². The molecule has 0 N–H and O–H groups in total. The third-order valence-electron chi connectivity index (χ3n) is 12.6. The highest BCUT2D eigenvalue weighted by atomic mass is 16.5. The standard InChI is InChI=1S/C50H55N5O5/c1-57-40-15-9-35(10-16-40)37-13-19-46-42(30-37)43-31-38(36-11-17-41(58-2)18-12-36)14-20-47(43)55(46)24-7-22-53-27-25-52(26-28-53)21-4-5-29-60-49-33-45-44(32-48(49)59-3)50(56)54-23-6-8-39(54)34-51-45/h9-20,30-34,39H,4-8,21-29H2,1-3H3/t39-/m0/s1. The maximum absolute atomic E-state index is 13.2. The highest BCUT2D eigenvalue weighted by molar-refractivity contribution is 6.10. The smallest absolute Gasteiger partial charge is 0.256 e. The number of unbranched alkanes of at least 4 members (excludes halogenated alkanes) is 1. The van der Waals surface area contributed by atoms with Gasteiger partial charge in [0.25, 0.3) is 5.91 Å². The Bertz CT molecular complexity index is 2380. The van der Waals surface area contributed by atoms with E-state index in [1.165, 1.54) is 44.1 Å². The molecule has 0 radical (unpaired) electrons. The molecular weight excluding hydrogens is 751 g/mol. The van der Waals surface area contributed by atoms with E-state index in [4.69, 9.17) is 18.9 Å². The number of nitrogens with zero attached hydrogens (tertiary/aromatic N) is 5. The molecule has 3 aliphatic heterocycles. The lowest BCUT2D eigenvalue weighted by Crippen LogP contribution is -2.46. The second kappa shape index (κ2) is 17.8. The fourth-order valence-corrected chi connectivity index (χ4v) is 9.20. The molecule has 3 aliphatic rings. The largest absolute Gasteiger partial charge is 0.497 e. The summed E-state index contributed by atoms with van der Waals surface area (Å²) in [7, 11) is 5.04. The van der Waals surface area contributed by atoms with Crippen LogP contribution in [0.4, 0.5) is 5.69 Å². The molecule has 6 aromatic rings. The molecule has 0 spiro atoms. The highest BCUT2D eigenvalue weighted by Gasteiger charge is 2.32. The Hall–Kier alpha value is -5.84. The zero-order valence-corrected chi connectivity index (χ0v) is 35.1. The summed E-state index contributed by atoms with van der Waals surface area (Å²) < 4.78 is 25.2. The van der Waals surface area contributed by atoms with Crippen molar-refractivity contribution in [2.45, 2.75) is 44.7 Å². The van der Waals surface area contributed by atoms with Crippen LogP contribution in [0.2, 0.25) is 0 Å². The summed E-state index contributed by atoms with van der Waals surface area (Å²) in [4.78, 5) is 25.0. The molecular formula is C50H55N5O5. The molecule has 1 aromatic heterocycles. The maximum atomic E-state index is 13.2. The lowest BCUT2D eigenvalue weighted by atomic mass is 10.00. The first-order valence-electron chi connectivity index (χ1n) is 21.5. The van der Waals surface area contributed by atoms with Crippen molar-refractivity contribution >= 4 is 39.6 Å². The summed E-state index contributed by atoms with van der Waals surface area (Å²) in [5, 5.41) is 2.55. The molecule has 10 nitrogen and oxygen atoms in total. The molecule has 0 aliphatic carbocycles. The van der Waals surface area contributed by atoms with Crippen LogP contribution in [-0.2, 0) is 6.54 Å². The van der Waals surface area contributed by atoms with Crippen LogP contribution in [0.25, 0.3) is 44.1 Å². The van der Waals surface area contributed by atoms with Crippen LogP contribution in [0.1, 0.15) is 42.5 Å². The third kappa shape index (κ3) is 8.18. The zero-order valence-electron chi connectivity index (χ0n) is 35.1. The Morgan fingerprint density at radius 1 is 0.600 bits per heavy atom. The normalized spacial score (nSPS) is 16.9. The van der Waals surface area contributed by atoms with Crippen LogP contribution < -0.4 is 18.9 Å². The second-order valence-electron chi connectivity index (χ2n) is 16.2. The van der Waals surface area contributed by atoms with Gasteiger partial charge in [0.15, 0.2) is 11.5 Å². The number of piperazine rings is 1. The second-order valence-corrected chi connectivity index (χ2v) is 16.2. The number of aryl methyl sites for hydroxylation is 1. The van der Waals surface area contributed by atoms with E-state index in [9.17, 15) is 4.79 Å². The predicted octanol–water partition coefficient (Wildman–Crippen LogP) is 9.34. The number of methoxy groups -OCH3 is 3. The van der Waals surface area contributed by atoms with Gasteiger partial charge in [-0.15, -0.1) is 0 Å². The number of benzene rings is 5. The zero-order chi connectivity index (χ0) is 41.0. The molecule has 2 fully saturated rings. The summed E-state index contributed by atoms with van der Waals surface area (Å²) in [5.74, 6) is 2.98. The van der Waals surface area contributed by atoms with Crippen molar-refractivity contribution in [3.8, 4) is 45.3 Å². The van der Waals surface area contributed by atoms with E-state index in [2.05, 4.69) is 80.0 Å². The van der Waals surface area contributed by atoms with Crippen LogP contribution >= 0.6 is 0 Å². The summed E-state index contributed by atoms with van der Waals surface area (Å²) in [6.45, 7) is 8.81. The van der Waals surface area contributed by atoms with Crippen LogP contribution in [0.15, 0.2) is 102 Å². The van der Waals surface area contributed by atoms with E-state index in [-0.39, 0.29) is 11.9 Å². The lowest BCUT2D eigenvalue weighted by molar-refractivity contribution is 0.0774. The quantitative estimate of drug-likeness (QED) is 0.0958. The molecule has 1 amide bonds. The number of hydrogen-bond acceptors (Lipinski definition) is 8. The van der Waals surface area contributed by atoms with Gasteiger partial charge in [-0.25, -0.2) is 0 Å². The van der Waals surface area contributed by atoms with Crippen molar-refractivity contribution in [2.24, 2.45) is 4.99 Å². The number of carbonyl (C=O) groups excluding carboxylic acids is 1. The first-order valence-corrected chi connectivity index (χ1v) is 21.5. The summed E-state index contributed by atoms with van der Waals surface area (Å²) >= 11 is 0. The van der Waals surface area contributed by atoms with Crippen LogP contribution in [-0.4, -0.2) is 111 Å². The molecule has 0 unspecified atom stereocenters. The molecule has 0 bridgehead atoms. The highest BCUT2D eigenvalue weighted by Crippen LogP contribution is 2.39. The number of aliphatic imine (C=N–C) groups is 1. The third-order valence-corrected chi connectivity index (χ3v) is 12.6. The van der Waals surface area contributed by atoms with E-state index in [1.54, 1.807) is 27.4 Å². The van der Waals surface area contributed by atoms with Crippen molar-refractivity contribution in [1.82, 2.24) is 19.3 Å².